The van der Waals surface area contributed by atoms with Gasteiger partial charge >= 0.3 is 10.9 Å². The smallest absolute Gasteiger partial charge is 0.396 e. The molecule has 0 unspecified atom stereocenters. The Kier molecular flexibility index (Phi) is 5.54. The molecule has 30 heavy (non-hydrogen) atoms. The molecule has 0 amide bonds. The molecule has 7 heteroatoms. The molecule has 0 saturated carbocycles. The highest BCUT2D eigenvalue weighted by Gasteiger charge is 2.16. The van der Waals surface area contributed by atoms with Gasteiger partial charge in [0.05, 0.1) is 24.0 Å². The molecule has 0 aliphatic carbocycles. The maximum absolute atomic E-state index is 12.6. The van der Waals surface area contributed by atoms with Gasteiger partial charge in [-0.05, 0) is 55.0 Å². The minimum absolute atomic E-state index is 0.323. The van der Waals surface area contributed by atoms with Crippen LogP contribution in [0.5, 0.6) is 17.2 Å². The first-order chi connectivity index (χ1) is 14.6. The quantitative estimate of drug-likeness (QED) is 0.316. The molecular formula is C23H18O6S. The van der Waals surface area contributed by atoms with E-state index in [-0.39, 0.29) is 0 Å². The lowest BCUT2D eigenvalue weighted by Gasteiger charge is -2.09. The Bertz CT molecular complexity index is 1240. The third-order valence-corrected chi connectivity index (χ3v) is 5.19. The lowest BCUT2D eigenvalue weighted by Crippen LogP contribution is -2.08. The first-order valence-electron chi connectivity index (χ1n) is 9.24. The van der Waals surface area contributed by atoms with Gasteiger partial charge in [0.1, 0.15) is 17.2 Å². The molecule has 0 fully saturated rings. The summed E-state index contributed by atoms with van der Waals surface area (Å²) >= 11 is 0.958. The third-order valence-electron chi connectivity index (χ3n) is 4.42. The average molecular weight is 422 g/mol. The second-order valence-electron chi connectivity index (χ2n) is 6.33. The molecule has 0 aliphatic rings. The van der Waals surface area contributed by atoms with Crippen molar-refractivity contribution in [1.29, 1.82) is 0 Å². The first kappa shape index (κ1) is 19.7. The van der Waals surface area contributed by atoms with E-state index < -0.39 is 10.9 Å². The third kappa shape index (κ3) is 4.06. The largest absolute Gasteiger partial charge is 0.497 e. The number of rotatable bonds is 6. The minimum atomic E-state index is -0.506. The number of hydrogen-bond acceptors (Lipinski definition) is 7. The minimum Gasteiger partial charge on any atom is -0.497 e. The van der Waals surface area contributed by atoms with E-state index in [1.54, 1.807) is 43.5 Å². The van der Waals surface area contributed by atoms with E-state index in [4.69, 9.17) is 18.6 Å². The van der Waals surface area contributed by atoms with Crippen LogP contribution in [0.2, 0.25) is 0 Å². The maximum atomic E-state index is 12.6. The van der Waals surface area contributed by atoms with Crippen LogP contribution >= 0.6 is 11.3 Å². The number of benzene rings is 3. The van der Waals surface area contributed by atoms with Crippen LogP contribution in [0.3, 0.4) is 0 Å². The molecule has 0 saturated heterocycles. The van der Waals surface area contributed by atoms with Crippen molar-refractivity contribution in [2.45, 2.75) is 6.92 Å². The van der Waals surface area contributed by atoms with Gasteiger partial charge in [-0.25, -0.2) is 9.59 Å². The Hall–Kier alpha value is -3.58. The lowest BCUT2D eigenvalue weighted by atomic mass is 10.0. The number of carbonyl (C=O) groups excluding carboxylic acids is 1. The Morgan fingerprint density at radius 2 is 1.67 bits per heavy atom. The van der Waals surface area contributed by atoms with Gasteiger partial charge in [-0.15, -0.1) is 0 Å². The second-order valence-corrected chi connectivity index (χ2v) is 7.30. The zero-order valence-corrected chi connectivity index (χ0v) is 17.2. The number of esters is 1. The molecule has 6 nitrogen and oxygen atoms in total. The van der Waals surface area contributed by atoms with Crippen LogP contribution in [0, 0.1) is 0 Å². The fourth-order valence-corrected chi connectivity index (χ4v) is 3.74. The molecule has 152 valence electrons. The van der Waals surface area contributed by atoms with Crippen LogP contribution < -0.4 is 19.1 Å². The van der Waals surface area contributed by atoms with Gasteiger partial charge in [-0.2, -0.15) is 0 Å². The number of hydrogen-bond donors (Lipinski definition) is 0. The molecule has 4 rings (SSSR count). The summed E-state index contributed by atoms with van der Waals surface area (Å²) in [5.41, 5.74) is 2.31. The van der Waals surface area contributed by atoms with Crippen LogP contribution in [0.4, 0.5) is 0 Å². The monoisotopic (exact) mass is 422 g/mol. The van der Waals surface area contributed by atoms with Gasteiger partial charge in [0, 0.05) is 11.6 Å². The number of fused-ring (bicyclic) bond motifs is 1. The van der Waals surface area contributed by atoms with E-state index in [0.717, 1.165) is 16.9 Å². The Morgan fingerprint density at radius 3 is 2.33 bits per heavy atom. The van der Waals surface area contributed by atoms with Crippen molar-refractivity contribution in [1.82, 2.24) is 0 Å². The lowest BCUT2D eigenvalue weighted by molar-refractivity contribution is 0.0735. The number of methoxy groups -OCH3 is 1. The Labute approximate surface area is 176 Å². The van der Waals surface area contributed by atoms with Gasteiger partial charge in [0.25, 0.3) is 0 Å². The summed E-state index contributed by atoms with van der Waals surface area (Å²) in [4.78, 5) is 24.0. The summed E-state index contributed by atoms with van der Waals surface area (Å²) in [6.07, 6.45) is 0. The summed E-state index contributed by atoms with van der Waals surface area (Å²) in [5.74, 6) is 1.21. The summed E-state index contributed by atoms with van der Waals surface area (Å²) in [7, 11) is 1.59. The van der Waals surface area contributed by atoms with Crippen molar-refractivity contribution in [3.05, 3.63) is 76.0 Å². The van der Waals surface area contributed by atoms with Crippen molar-refractivity contribution in [2.24, 2.45) is 0 Å². The molecule has 0 radical (unpaired) electrons. The highest BCUT2D eigenvalue weighted by atomic mass is 32.1. The van der Waals surface area contributed by atoms with Crippen molar-refractivity contribution < 1.29 is 23.4 Å². The van der Waals surface area contributed by atoms with Crippen LogP contribution in [0.25, 0.3) is 21.4 Å². The molecule has 1 aromatic heterocycles. The van der Waals surface area contributed by atoms with Crippen LogP contribution in [0.1, 0.15) is 17.3 Å². The van der Waals surface area contributed by atoms with Gasteiger partial charge in [-0.1, -0.05) is 23.5 Å². The molecule has 0 bridgehead atoms. The van der Waals surface area contributed by atoms with Crippen molar-refractivity contribution >= 4 is 27.6 Å². The van der Waals surface area contributed by atoms with Gasteiger partial charge in [0.2, 0.25) is 0 Å². The van der Waals surface area contributed by atoms with Crippen molar-refractivity contribution in [3.8, 4) is 28.4 Å². The molecule has 0 aliphatic heterocycles. The van der Waals surface area contributed by atoms with Crippen molar-refractivity contribution in [2.75, 3.05) is 13.7 Å². The molecular weight excluding hydrogens is 404 g/mol. The molecule has 4 aromatic rings. The Morgan fingerprint density at radius 1 is 0.967 bits per heavy atom. The highest BCUT2D eigenvalue weighted by Crippen LogP contribution is 2.35. The normalized spacial score (nSPS) is 10.7. The zero-order chi connectivity index (χ0) is 21.1. The second kappa shape index (κ2) is 8.42. The van der Waals surface area contributed by atoms with E-state index in [2.05, 4.69) is 0 Å². The number of ether oxygens (including phenoxy) is 3. The van der Waals surface area contributed by atoms with Crippen molar-refractivity contribution in [3.63, 3.8) is 0 Å². The van der Waals surface area contributed by atoms with E-state index >= 15 is 0 Å². The molecule has 0 N–H and O–H groups in total. The number of carbonyl (C=O) groups is 1. The van der Waals surface area contributed by atoms with Gasteiger partial charge in [-0.3, -0.25) is 0 Å². The van der Waals surface area contributed by atoms with E-state index in [1.165, 1.54) is 0 Å². The fourth-order valence-electron chi connectivity index (χ4n) is 3.02. The van der Waals surface area contributed by atoms with E-state index in [1.807, 2.05) is 31.2 Å². The topological polar surface area (TPSA) is 75.0 Å². The SMILES string of the molecule is CCOc1ccc(C(=O)Oc2cc(-c3ccc(OC)cc3)c3oc(=O)sc3c2)cc1. The summed E-state index contributed by atoms with van der Waals surface area (Å²) in [6, 6.07) is 17.4. The van der Waals surface area contributed by atoms with Gasteiger partial charge in [0.15, 0.2) is 5.58 Å². The predicted molar refractivity (Wildman–Crippen MR) is 115 cm³/mol. The molecule has 0 atom stereocenters. The standard InChI is InChI=1S/C23H18O6S/c1-3-27-17-10-6-15(7-11-17)22(24)28-18-12-19(14-4-8-16(26-2)9-5-14)21-20(13-18)30-23(25)29-21/h4-13H,3H2,1-2H3. The van der Waals surface area contributed by atoms with Crippen LogP contribution in [-0.2, 0) is 0 Å². The average Bonchev–Trinajstić information content (AvgIpc) is 3.14. The fraction of sp³-hybridized carbons (Fsp3) is 0.130. The summed E-state index contributed by atoms with van der Waals surface area (Å²) in [6.45, 7) is 2.44. The molecule has 0 spiro atoms. The highest BCUT2D eigenvalue weighted by molar-refractivity contribution is 7.16. The molecule has 3 aromatic carbocycles. The maximum Gasteiger partial charge on any atom is 0.396 e. The zero-order valence-electron chi connectivity index (χ0n) is 16.3. The first-order valence-corrected chi connectivity index (χ1v) is 10.1. The van der Waals surface area contributed by atoms with E-state index in [9.17, 15) is 9.59 Å². The summed E-state index contributed by atoms with van der Waals surface area (Å²) < 4.78 is 22.1. The van der Waals surface area contributed by atoms with Crippen LogP contribution in [-0.4, -0.2) is 19.7 Å². The van der Waals surface area contributed by atoms with Gasteiger partial charge < -0.3 is 18.6 Å². The van der Waals surface area contributed by atoms with Crippen LogP contribution in [0.15, 0.2) is 69.9 Å². The molecule has 1 heterocycles. The predicted octanol–water partition coefficient (Wildman–Crippen LogP) is 5.15. The summed E-state index contributed by atoms with van der Waals surface area (Å²) in [5, 5.41) is 0. The van der Waals surface area contributed by atoms with E-state index in [0.29, 0.717) is 45.3 Å². The Balaban J connectivity index is 1.68.